The third-order valence-corrected chi connectivity index (χ3v) is 3.21. The van der Waals surface area contributed by atoms with Gasteiger partial charge in [-0.25, -0.2) is 4.98 Å². The number of rotatable bonds is 2. The van der Waals surface area contributed by atoms with E-state index in [1.165, 1.54) is 0 Å². The van der Waals surface area contributed by atoms with Crippen molar-refractivity contribution in [3.05, 3.63) is 40.9 Å². The Morgan fingerprint density at radius 2 is 2.21 bits per heavy atom. The number of H-pyrrole nitrogens is 1. The Bertz CT molecular complexity index is 756. The second-order valence-corrected chi connectivity index (χ2v) is 4.36. The van der Waals surface area contributed by atoms with Crippen molar-refractivity contribution in [3.8, 4) is 17.0 Å². The van der Waals surface area contributed by atoms with E-state index in [-0.39, 0.29) is 0 Å². The van der Waals surface area contributed by atoms with Gasteiger partial charge in [0, 0.05) is 10.8 Å². The van der Waals surface area contributed by atoms with E-state index >= 15 is 0 Å². The number of aromatic amines is 1. The standard InChI is InChI=1S/C15H15N3O/c1-19-14-8-7-11(13-9-17-15(16)18-13)10-5-3-2-4-6-12(10)14/h2,4-9H,3H2,1H3,(H3,16,17,18). The molecule has 0 spiro atoms. The average Bonchev–Trinajstić information content (AvgIpc) is 2.71. The summed E-state index contributed by atoms with van der Waals surface area (Å²) in [5.74, 6) is 1.30. The molecule has 1 aliphatic carbocycles. The third-order valence-electron chi connectivity index (χ3n) is 3.21. The van der Waals surface area contributed by atoms with Crippen LogP contribution in [0.2, 0.25) is 0 Å². The fourth-order valence-electron chi connectivity index (χ4n) is 2.32. The second kappa shape index (κ2) is 4.65. The first-order valence-electron chi connectivity index (χ1n) is 6.14. The second-order valence-electron chi connectivity index (χ2n) is 4.36. The zero-order valence-electron chi connectivity index (χ0n) is 10.7. The normalized spacial score (nSPS) is 13.1. The van der Waals surface area contributed by atoms with E-state index in [4.69, 9.17) is 10.5 Å². The molecule has 4 nitrogen and oxygen atoms in total. The molecule has 0 bridgehead atoms. The lowest BCUT2D eigenvalue weighted by atomic mass is 10.1. The van der Waals surface area contributed by atoms with E-state index in [0.29, 0.717) is 5.95 Å². The van der Waals surface area contributed by atoms with Gasteiger partial charge in [-0.05, 0) is 23.8 Å². The molecular formula is C15H15N3O. The molecule has 0 saturated heterocycles. The van der Waals surface area contributed by atoms with E-state index < -0.39 is 0 Å². The zero-order valence-corrected chi connectivity index (χ0v) is 10.7. The number of fused-ring (bicyclic) bond motifs is 1. The van der Waals surface area contributed by atoms with Crippen molar-refractivity contribution in [2.24, 2.45) is 0 Å². The first kappa shape index (κ1) is 11.6. The highest BCUT2D eigenvalue weighted by Crippen LogP contribution is 2.15. The van der Waals surface area contributed by atoms with Gasteiger partial charge in [-0.3, -0.25) is 0 Å². The van der Waals surface area contributed by atoms with Gasteiger partial charge in [0.1, 0.15) is 5.75 Å². The summed E-state index contributed by atoms with van der Waals surface area (Å²) in [6, 6.07) is 4.00. The third kappa shape index (κ3) is 2.01. The molecule has 1 heterocycles. The molecule has 2 aromatic rings. The van der Waals surface area contributed by atoms with Crippen LogP contribution >= 0.6 is 0 Å². The van der Waals surface area contributed by atoms with Crippen molar-refractivity contribution in [2.75, 3.05) is 12.8 Å². The number of hydrogen-bond donors (Lipinski definition) is 2. The number of anilines is 1. The lowest BCUT2D eigenvalue weighted by Crippen LogP contribution is -2.28. The number of benzene rings is 1. The Balaban J connectivity index is 2.33. The molecule has 4 heteroatoms. The molecule has 0 aliphatic heterocycles. The van der Waals surface area contributed by atoms with Gasteiger partial charge in [-0.1, -0.05) is 24.3 Å². The fourth-order valence-corrected chi connectivity index (χ4v) is 2.32. The largest absolute Gasteiger partial charge is 0.496 e. The van der Waals surface area contributed by atoms with Gasteiger partial charge in [0.05, 0.1) is 19.0 Å². The van der Waals surface area contributed by atoms with Crippen LogP contribution in [0.3, 0.4) is 0 Å². The number of nitrogens with zero attached hydrogens (tertiary/aromatic N) is 1. The van der Waals surface area contributed by atoms with E-state index in [1.807, 2.05) is 12.1 Å². The van der Waals surface area contributed by atoms with Crippen molar-refractivity contribution in [1.29, 1.82) is 0 Å². The number of nitrogens with one attached hydrogen (secondary N) is 1. The Hall–Kier alpha value is -2.49. The molecule has 0 fully saturated rings. The summed E-state index contributed by atoms with van der Waals surface area (Å²) < 4.78 is 5.43. The zero-order chi connectivity index (χ0) is 13.2. The van der Waals surface area contributed by atoms with E-state index in [1.54, 1.807) is 13.3 Å². The quantitative estimate of drug-likeness (QED) is 0.845. The summed E-state index contributed by atoms with van der Waals surface area (Å²) >= 11 is 0. The monoisotopic (exact) mass is 253 g/mol. The van der Waals surface area contributed by atoms with Crippen LogP contribution in [0, 0.1) is 0 Å². The van der Waals surface area contributed by atoms with Gasteiger partial charge in [-0.15, -0.1) is 0 Å². The van der Waals surface area contributed by atoms with Crippen LogP contribution in [0.1, 0.15) is 6.42 Å². The van der Waals surface area contributed by atoms with Crippen LogP contribution in [-0.4, -0.2) is 17.1 Å². The van der Waals surface area contributed by atoms with Gasteiger partial charge in [-0.2, -0.15) is 0 Å². The lowest BCUT2D eigenvalue weighted by Gasteiger charge is -2.06. The minimum atomic E-state index is 0.426. The van der Waals surface area contributed by atoms with Gasteiger partial charge < -0.3 is 15.5 Å². The van der Waals surface area contributed by atoms with Crippen LogP contribution in [-0.2, 0) is 0 Å². The van der Waals surface area contributed by atoms with Crippen LogP contribution < -0.4 is 20.9 Å². The average molecular weight is 253 g/mol. The molecule has 3 N–H and O–H groups in total. The fraction of sp³-hybridized carbons (Fsp3) is 0.133. The van der Waals surface area contributed by atoms with Crippen molar-refractivity contribution in [2.45, 2.75) is 6.42 Å². The highest BCUT2D eigenvalue weighted by atomic mass is 16.5. The summed E-state index contributed by atoms with van der Waals surface area (Å²) in [5.41, 5.74) is 7.66. The summed E-state index contributed by atoms with van der Waals surface area (Å²) in [6.07, 6.45) is 11.1. The maximum Gasteiger partial charge on any atom is 0.197 e. The molecule has 1 aromatic heterocycles. The molecule has 0 unspecified atom stereocenters. The van der Waals surface area contributed by atoms with Gasteiger partial charge in [0.25, 0.3) is 0 Å². The predicted octanol–water partition coefficient (Wildman–Crippen LogP) is 1.19. The maximum atomic E-state index is 5.66. The number of nitrogen functional groups attached to an aromatic ring is 1. The number of methoxy groups -OCH3 is 1. The topological polar surface area (TPSA) is 63.9 Å². The maximum absolute atomic E-state index is 5.66. The number of nitrogens with two attached hydrogens (primary N) is 1. The number of aromatic nitrogens is 2. The van der Waals surface area contributed by atoms with Crippen molar-refractivity contribution in [3.63, 3.8) is 0 Å². The van der Waals surface area contributed by atoms with Crippen molar-refractivity contribution >= 4 is 18.1 Å². The molecule has 0 amide bonds. The Morgan fingerprint density at radius 1 is 1.32 bits per heavy atom. The number of hydrogen-bond acceptors (Lipinski definition) is 3. The number of ether oxygens (including phenoxy) is 1. The summed E-state index contributed by atoms with van der Waals surface area (Å²) in [5, 5.41) is 2.23. The van der Waals surface area contributed by atoms with E-state index in [2.05, 4.69) is 34.3 Å². The molecule has 1 aromatic carbocycles. The van der Waals surface area contributed by atoms with Crippen LogP contribution in [0.4, 0.5) is 5.95 Å². The molecule has 0 saturated carbocycles. The highest BCUT2D eigenvalue weighted by molar-refractivity contribution is 5.66. The first-order chi connectivity index (χ1) is 9.29. The van der Waals surface area contributed by atoms with Gasteiger partial charge in [0.2, 0.25) is 0 Å². The summed E-state index contributed by atoms with van der Waals surface area (Å²) in [4.78, 5) is 7.13. The predicted molar refractivity (Wildman–Crippen MR) is 76.9 cm³/mol. The van der Waals surface area contributed by atoms with Crippen LogP contribution in [0.15, 0.2) is 30.5 Å². The molecule has 0 atom stereocenters. The van der Waals surface area contributed by atoms with E-state index in [9.17, 15) is 0 Å². The number of allylic oxidation sites excluding steroid dienone is 2. The van der Waals surface area contributed by atoms with E-state index in [0.717, 1.165) is 33.9 Å². The molecule has 0 radical (unpaired) electrons. The van der Waals surface area contributed by atoms with Crippen molar-refractivity contribution in [1.82, 2.24) is 9.97 Å². The molecule has 1 aliphatic rings. The van der Waals surface area contributed by atoms with Gasteiger partial charge >= 0.3 is 0 Å². The molecule has 3 rings (SSSR count). The Kier molecular flexibility index (Phi) is 2.83. The smallest absolute Gasteiger partial charge is 0.197 e. The summed E-state index contributed by atoms with van der Waals surface area (Å²) in [7, 11) is 1.69. The van der Waals surface area contributed by atoms with Crippen LogP contribution in [0.5, 0.6) is 5.75 Å². The molecular weight excluding hydrogens is 238 g/mol. The first-order valence-corrected chi connectivity index (χ1v) is 6.14. The number of imidazole rings is 1. The van der Waals surface area contributed by atoms with Crippen LogP contribution in [0.25, 0.3) is 23.4 Å². The molecule has 19 heavy (non-hydrogen) atoms. The lowest BCUT2D eigenvalue weighted by molar-refractivity contribution is 0.411. The SMILES string of the molecule is COc1ccc(-c2cnc(N)[nH]2)c2c1=CC=CCC=2. The minimum absolute atomic E-state index is 0.426. The van der Waals surface area contributed by atoms with Gasteiger partial charge in [0.15, 0.2) is 5.95 Å². The minimum Gasteiger partial charge on any atom is -0.496 e. The van der Waals surface area contributed by atoms with Crippen molar-refractivity contribution < 1.29 is 4.74 Å². The Morgan fingerprint density at radius 3 is 2.95 bits per heavy atom. The molecule has 96 valence electrons. The highest BCUT2D eigenvalue weighted by Gasteiger charge is 2.07. The summed E-state index contributed by atoms with van der Waals surface area (Å²) in [6.45, 7) is 0. The Labute approximate surface area is 110 Å².